The van der Waals surface area contributed by atoms with Gasteiger partial charge in [0.05, 0.1) is 6.61 Å². The predicted octanol–water partition coefficient (Wildman–Crippen LogP) is 24.4. The van der Waals surface area contributed by atoms with E-state index in [1.165, 1.54) is 366 Å². The summed E-state index contributed by atoms with van der Waals surface area (Å²) in [5.74, 6) is -0.558. The van der Waals surface area contributed by atoms with Crippen LogP contribution in [0.4, 0.5) is 0 Å². The number of hydrogen-bond donors (Lipinski definition) is 1. The highest BCUT2D eigenvalue weighted by atomic mass is 16.6. The molecular weight excluding hydrogens is 933 g/mol. The van der Waals surface area contributed by atoms with Gasteiger partial charge in [0.15, 0.2) is 6.10 Å². The lowest BCUT2D eigenvalue weighted by atomic mass is 10.0. The van der Waals surface area contributed by atoms with Gasteiger partial charge in [0.1, 0.15) is 6.61 Å². The Morgan fingerprint density at radius 2 is 0.408 bits per heavy atom. The molecule has 0 aliphatic heterocycles. The van der Waals surface area contributed by atoms with Crippen LogP contribution >= 0.6 is 0 Å². The van der Waals surface area contributed by atoms with Crippen LogP contribution in [0.1, 0.15) is 425 Å². The molecular formula is C71H140O5. The van der Waals surface area contributed by atoms with Crippen molar-refractivity contribution < 1.29 is 24.2 Å². The fraction of sp³-hybridized carbons (Fsp3) is 0.972. The van der Waals surface area contributed by atoms with Crippen LogP contribution in [0.25, 0.3) is 0 Å². The quantitative estimate of drug-likeness (QED) is 0.0485. The predicted molar refractivity (Wildman–Crippen MR) is 335 cm³/mol. The summed E-state index contributed by atoms with van der Waals surface area (Å²) >= 11 is 0. The summed E-state index contributed by atoms with van der Waals surface area (Å²) in [5, 5.41) is 9.70. The van der Waals surface area contributed by atoms with Gasteiger partial charge in [-0.3, -0.25) is 9.59 Å². The molecule has 0 bridgehead atoms. The van der Waals surface area contributed by atoms with Crippen LogP contribution in [0.5, 0.6) is 0 Å². The molecule has 5 heteroatoms. The summed E-state index contributed by atoms with van der Waals surface area (Å²) in [7, 11) is 0. The largest absolute Gasteiger partial charge is 0.462 e. The number of aliphatic hydroxyl groups is 1. The Kier molecular flexibility index (Phi) is 67.2. The maximum absolute atomic E-state index is 12.4. The van der Waals surface area contributed by atoms with E-state index in [0.717, 1.165) is 32.1 Å². The van der Waals surface area contributed by atoms with E-state index in [4.69, 9.17) is 9.47 Å². The van der Waals surface area contributed by atoms with E-state index in [2.05, 4.69) is 13.8 Å². The maximum Gasteiger partial charge on any atom is 0.306 e. The summed E-state index contributed by atoms with van der Waals surface area (Å²) in [6.07, 6.45) is 85.9. The third kappa shape index (κ3) is 65.4. The third-order valence-electron chi connectivity index (χ3n) is 16.9. The monoisotopic (exact) mass is 1070 g/mol. The van der Waals surface area contributed by atoms with Crippen LogP contribution < -0.4 is 0 Å². The highest BCUT2D eigenvalue weighted by Gasteiger charge is 2.16. The Labute approximate surface area is 478 Å². The number of esters is 2. The summed E-state index contributed by atoms with van der Waals surface area (Å²) in [5.41, 5.74) is 0. The fourth-order valence-corrected chi connectivity index (χ4v) is 11.6. The Hall–Kier alpha value is -1.10. The van der Waals surface area contributed by atoms with Crippen LogP contribution in [-0.2, 0) is 19.1 Å². The van der Waals surface area contributed by atoms with Crippen molar-refractivity contribution in [3.05, 3.63) is 0 Å². The van der Waals surface area contributed by atoms with Crippen LogP contribution in [0.2, 0.25) is 0 Å². The van der Waals surface area contributed by atoms with Crippen molar-refractivity contribution in [2.24, 2.45) is 0 Å². The molecule has 76 heavy (non-hydrogen) atoms. The fourth-order valence-electron chi connectivity index (χ4n) is 11.6. The number of carbonyl (C=O) groups is 2. The zero-order valence-electron chi connectivity index (χ0n) is 52.3. The standard InChI is InChI=1S/C71H140O5/c1-3-5-7-9-11-13-15-17-19-21-23-25-27-29-31-32-33-34-35-36-37-38-39-40-42-44-46-48-50-52-54-56-58-60-62-64-66-71(74)76-69(67-72)68-75-70(73)65-63-61-59-57-55-53-51-49-47-45-43-41-30-28-26-24-22-20-18-16-14-12-10-8-6-4-2/h69,72H,3-68H2,1-2H3. The lowest BCUT2D eigenvalue weighted by molar-refractivity contribution is -0.161. The number of hydrogen-bond acceptors (Lipinski definition) is 5. The first kappa shape index (κ1) is 74.9. The molecule has 454 valence electrons. The van der Waals surface area contributed by atoms with Gasteiger partial charge in [-0.05, 0) is 12.8 Å². The Morgan fingerprint density at radius 1 is 0.250 bits per heavy atom. The number of aliphatic hydroxyl groups excluding tert-OH is 1. The van der Waals surface area contributed by atoms with E-state index in [1.807, 2.05) is 0 Å². The molecule has 5 nitrogen and oxygen atoms in total. The normalized spacial score (nSPS) is 12.0. The molecule has 0 spiro atoms. The minimum atomic E-state index is -0.765. The first-order valence-electron chi connectivity index (χ1n) is 35.6. The molecule has 1 atom stereocenters. The molecule has 0 radical (unpaired) electrons. The van der Waals surface area contributed by atoms with Crippen LogP contribution in [0.15, 0.2) is 0 Å². The average molecular weight is 1070 g/mol. The molecule has 0 rings (SSSR count). The van der Waals surface area contributed by atoms with Crippen LogP contribution in [0.3, 0.4) is 0 Å². The van der Waals surface area contributed by atoms with Gasteiger partial charge in [-0.2, -0.15) is 0 Å². The second kappa shape index (κ2) is 68.2. The lowest BCUT2D eigenvalue weighted by Gasteiger charge is -2.15. The minimum absolute atomic E-state index is 0.0553. The van der Waals surface area contributed by atoms with Gasteiger partial charge in [-0.1, -0.05) is 399 Å². The first-order valence-corrected chi connectivity index (χ1v) is 35.6. The van der Waals surface area contributed by atoms with Gasteiger partial charge in [0, 0.05) is 12.8 Å². The SMILES string of the molecule is CCCCCCCCCCCCCCCCCCCCCCCCCCCCCCCCCCCCCCC(=O)OC(CO)COC(=O)CCCCCCCCCCCCCCCCCCCCCCCCCCCC. The van der Waals surface area contributed by atoms with E-state index >= 15 is 0 Å². The summed E-state index contributed by atoms with van der Waals surface area (Å²) < 4.78 is 10.8. The Bertz CT molecular complexity index is 1080. The van der Waals surface area contributed by atoms with Crippen molar-refractivity contribution in [3.8, 4) is 0 Å². The van der Waals surface area contributed by atoms with Gasteiger partial charge in [-0.15, -0.1) is 0 Å². The van der Waals surface area contributed by atoms with Gasteiger partial charge in [-0.25, -0.2) is 0 Å². The highest BCUT2D eigenvalue weighted by molar-refractivity contribution is 5.70. The lowest BCUT2D eigenvalue weighted by Crippen LogP contribution is -2.28. The molecule has 0 heterocycles. The number of carbonyl (C=O) groups excluding carboxylic acids is 2. The smallest absolute Gasteiger partial charge is 0.306 e. The summed E-state index contributed by atoms with van der Waals surface area (Å²) in [4.78, 5) is 24.6. The second-order valence-corrected chi connectivity index (χ2v) is 24.7. The number of ether oxygens (including phenoxy) is 2. The first-order chi connectivity index (χ1) is 37.6. The average Bonchev–Trinajstić information content (AvgIpc) is 3.42. The van der Waals surface area contributed by atoms with Crippen molar-refractivity contribution in [2.45, 2.75) is 431 Å². The van der Waals surface area contributed by atoms with Gasteiger partial charge in [0.2, 0.25) is 0 Å². The Morgan fingerprint density at radius 3 is 0.579 bits per heavy atom. The second-order valence-electron chi connectivity index (χ2n) is 24.7. The molecule has 0 amide bonds. The Balaban J connectivity index is 3.34. The molecule has 0 saturated carbocycles. The zero-order valence-corrected chi connectivity index (χ0v) is 52.3. The topological polar surface area (TPSA) is 72.8 Å². The van der Waals surface area contributed by atoms with E-state index in [1.54, 1.807) is 0 Å². The minimum Gasteiger partial charge on any atom is -0.462 e. The van der Waals surface area contributed by atoms with E-state index < -0.39 is 6.10 Å². The van der Waals surface area contributed by atoms with E-state index in [-0.39, 0.29) is 25.2 Å². The molecule has 0 aliphatic rings. The molecule has 0 aliphatic carbocycles. The molecule has 0 fully saturated rings. The third-order valence-corrected chi connectivity index (χ3v) is 16.9. The summed E-state index contributed by atoms with van der Waals surface area (Å²) in [6.45, 7) is 4.23. The van der Waals surface area contributed by atoms with Gasteiger partial charge in [0.25, 0.3) is 0 Å². The van der Waals surface area contributed by atoms with Gasteiger partial charge >= 0.3 is 11.9 Å². The van der Waals surface area contributed by atoms with Crippen molar-refractivity contribution in [1.82, 2.24) is 0 Å². The molecule has 0 aromatic heterocycles. The van der Waals surface area contributed by atoms with Crippen molar-refractivity contribution in [2.75, 3.05) is 13.2 Å². The maximum atomic E-state index is 12.4. The molecule has 0 aromatic carbocycles. The summed E-state index contributed by atoms with van der Waals surface area (Å²) in [6, 6.07) is 0. The number of rotatable bonds is 68. The molecule has 1 N–H and O–H groups in total. The van der Waals surface area contributed by atoms with E-state index in [9.17, 15) is 14.7 Å². The highest BCUT2D eigenvalue weighted by Crippen LogP contribution is 2.20. The van der Waals surface area contributed by atoms with Crippen LogP contribution in [0, 0.1) is 0 Å². The van der Waals surface area contributed by atoms with Crippen molar-refractivity contribution in [1.29, 1.82) is 0 Å². The van der Waals surface area contributed by atoms with E-state index in [0.29, 0.717) is 12.8 Å². The van der Waals surface area contributed by atoms with Crippen molar-refractivity contribution >= 4 is 11.9 Å². The van der Waals surface area contributed by atoms with Crippen molar-refractivity contribution in [3.63, 3.8) is 0 Å². The van der Waals surface area contributed by atoms with Crippen LogP contribution in [-0.4, -0.2) is 36.4 Å². The zero-order chi connectivity index (χ0) is 54.8. The molecule has 1 unspecified atom stereocenters. The number of unbranched alkanes of at least 4 members (excludes halogenated alkanes) is 60. The van der Waals surface area contributed by atoms with Gasteiger partial charge < -0.3 is 14.6 Å². The molecule has 0 saturated heterocycles. The molecule has 0 aromatic rings.